The maximum absolute atomic E-state index is 13.5. The number of benzene rings is 3. The van der Waals surface area contributed by atoms with Crippen molar-refractivity contribution >= 4 is 16.9 Å². The Kier molecular flexibility index (Phi) is 6.19. The fraction of sp³-hybridized carbons (Fsp3) is 0.212. The van der Waals surface area contributed by atoms with Crippen molar-refractivity contribution in [2.24, 2.45) is 5.92 Å². The van der Waals surface area contributed by atoms with Gasteiger partial charge in [0.05, 0.1) is 24.2 Å². The Labute approximate surface area is 218 Å². The molecule has 4 atom stereocenters. The quantitative estimate of drug-likeness (QED) is 0.166. The van der Waals surface area contributed by atoms with E-state index in [1.807, 2.05) is 60.8 Å². The summed E-state index contributed by atoms with van der Waals surface area (Å²) in [6.45, 7) is 7.00. The van der Waals surface area contributed by atoms with E-state index >= 15 is 0 Å². The summed E-state index contributed by atoms with van der Waals surface area (Å²) in [4.78, 5) is 18.1. The number of rotatable bonds is 7. The first-order valence-corrected chi connectivity index (χ1v) is 13.0. The summed E-state index contributed by atoms with van der Waals surface area (Å²) in [6.07, 6.45) is 6.90. The Balaban J connectivity index is 1.50. The number of ether oxygens (including phenoxy) is 1. The molecule has 4 heterocycles. The van der Waals surface area contributed by atoms with Crippen molar-refractivity contribution in [2.45, 2.75) is 25.1 Å². The fourth-order valence-electron chi connectivity index (χ4n) is 6.23. The molecule has 4 aromatic rings. The molecule has 184 valence electrons. The number of esters is 1. The zero-order chi connectivity index (χ0) is 25.2. The van der Waals surface area contributed by atoms with Gasteiger partial charge in [0, 0.05) is 35.0 Å². The summed E-state index contributed by atoms with van der Waals surface area (Å²) in [5.74, 6) is 0.0408. The smallest absolute Gasteiger partial charge is 0.338 e. The van der Waals surface area contributed by atoms with Gasteiger partial charge in [0.1, 0.15) is 6.54 Å². The van der Waals surface area contributed by atoms with Gasteiger partial charge in [0.2, 0.25) is 0 Å². The highest BCUT2D eigenvalue weighted by Gasteiger charge is 2.51. The standard InChI is InChI=1S/C33H31N2O2/c1-2-25-23-35(22-24-11-5-3-6-12-24)20-18-27(25)21-31(35)32(37-33(36)26-13-7-4-8-14-26)29-17-19-34-30-16-10-9-15-28(29)30/h2-17,19,21,25,31-32H,1,18,20,22-23H2/q+1. The summed E-state index contributed by atoms with van der Waals surface area (Å²) in [5.41, 5.74) is 5.18. The molecule has 1 fully saturated rings. The third-order valence-corrected chi connectivity index (χ3v) is 8.07. The summed E-state index contributed by atoms with van der Waals surface area (Å²) in [6, 6.07) is 30.1. The Morgan fingerprint density at radius 1 is 1.00 bits per heavy atom. The van der Waals surface area contributed by atoms with E-state index in [2.05, 4.69) is 60.1 Å². The van der Waals surface area contributed by atoms with Crippen molar-refractivity contribution in [1.82, 2.24) is 4.98 Å². The van der Waals surface area contributed by atoms with Crippen LogP contribution in [-0.2, 0) is 11.3 Å². The number of hydrogen-bond donors (Lipinski definition) is 0. The normalized spacial score (nSPS) is 23.3. The number of aromatic nitrogens is 1. The Hall–Kier alpha value is -4.02. The second-order valence-corrected chi connectivity index (χ2v) is 10.2. The maximum Gasteiger partial charge on any atom is 0.338 e. The molecule has 3 aliphatic rings. The van der Waals surface area contributed by atoms with Crippen molar-refractivity contribution in [3.8, 4) is 0 Å². The first-order valence-electron chi connectivity index (χ1n) is 13.0. The molecule has 1 aromatic heterocycles. The van der Waals surface area contributed by atoms with Gasteiger partial charge in [-0.15, -0.1) is 6.58 Å². The molecule has 7 rings (SSSR count). The van der Waals surface area contributed by atoms with Crippen LogP contribution < -0.4 is 0 Å². The van der Waals surface area contributed by atoms with Gasteiger partial charge in [-0.3, -0.25) is 4.98 Å². The van der Waals surface area contributed by atoms with E-state index in [1.54, 1.807) is 0 Å². The van der Waals surface area contributed by atoms with Crippen LogP contribution in [0.1, 0.15) is 34.0 Å². The molecule has 4 heteroatoms. The van der Waals surface area contributed by atoms with Crippen molar-refractivity contribution in [2.75, 3.05) is 13.1 Å². The highest BCUT2D eigenvalue weighted by molar-refractivity contribution is 5.90. The average molecular weight is 488 g/mol. The van der Waals surface area contributed by atoms with Crippen LogP contribution in [0.2, 0.25) is 0 Å². The summed E-state index contributed by atoms with van der Waals surface area (Å²) >= 11 is 0. The van der Waals surface area contributed by atoms with E-state index in [-0.39, 0.29) is 12.0 Å². The van der Waals surface area contributed by atoms with E-state index in [1.165, 1.54) is 11.1 Å². The highest BCUT2D eigenvalue weighted by Crippen LogP contribution is 2.45. The van der Waals surface area contributed by atoms with Crippen molar-refractivity contribution in [3.05, 3.63) is 138 Å². The molecule has 3 aromatic carbocycles. The molecule has 4 nitrogen and oxygen atoms in total. The first-order chi connectivity index (χ1) is 18.2. The van der Waals surface area contributed by atoms with Gasteiger partial charge in [-0.05, 0) is 30.3 Å². The summed E-state index contributed by atoms with van der Waals surface area (Å²) < 4.78 is 7.33. The highest BCUT2D eigenvalue weighted by atomic mass is 16.5. The number of fused-ring (bicyclic) bond motifs is 4. The minimum absolute atomic E-state index is 0.0152. The van der Waals surface area contributed by atoms with Gasteiger partial charge in [-0.25, -0.2) is 4.79 Å². The summed E-state index contributed by atoms with van der Waals surface area (Å²) in [5, 5.41) is 1.02. The van der Waals surface area contributed by atoms with Crippen LogP contribution in [0.15, 0.2) is 121 Å². The van der Waals surface area contributed by atoms with Crippen LogP contribution in [0.5, 0.6) is 0 Å². The van der Waals surface area contributed by atoms with Crippen LogP contribution in [0.4, 0.5) is 0 Å². The molecule has 0 spiro atoms. The van der Waals surface area contributed by atoms with E-state index in [9.17, 15) is 4.79 Å². The zero-order valence-corrected chi connectivity index (χ0v) is 20.9. The largest absolute Gasteiger partial charge is 0.447 e. The van der Waals surface area contributed by atoms with Crippen LogP contribution >= 0.6 is 0 Å². The average Bonchev–Trinajstić information content (AvgIpc) is 2.96. The van der Waals surface area contributed by atoms with Gasteiger partial charge in [0.25, 0.3) is 0 Å². The molecule has 0 saturated carbocycles. The Morgan fingerprint density at radius 3 is 2.51 bits per heavy atom. The van der Waals surface area contributed by atoms with Crippen LogP contribution in [0.3, 0.4) is 0 Å². The van der Waals surface area contributed by atoms with E-state index in [4.69, 9.17) is 4.74 Å². The van der Waals surface area contributed by atoms with Crippen LogP contribution in [0, 0.1) is 5.92 Å². The maximum atomic E-state index is 13.5. The number of carbonyl (C=O) groups is 1. The molecule has 2 bridgehead atoms. The molecular formula is C33H31N2O2+. The van der Waals surface area contributed by atoms with Crippen LogP contribution in [0.25, 0.3) is 10.9 Å². The van der Waals surface area contributed by atoms with Crippen molar-refractivity contribution < 1.29 is 14.0 Å². The lowest BCUT2D eigenvalue weighted by atomic mass is 9.78. The number of para-hydroxylation sites is 1. The molecule has 0 radical (unpaired) electrons. The summed E-state index contributed by atoms with van der Waals surface area (Å²) in [7, 11) is 0. The fourth-order valence-corrected chi connectivity index (χ4v) is 6.23. The number of carbonyl (C=O) groups excluding carboxylic acids is 1. The first kappa shape index (κ1) is 23.4. The van der Waals surface area contributed by atoms with Crippen molar-refractivity contribution in [3.63, 3.8) is 0 Å². The van der Waals surface area contributed by atoms with Gasteiger partial charge in [-0.1, -0.05) is 78.4 Å². The van der Waals surface area contributed by atoms with Crippen molar-refractivity contribution in [1.29, 1.82) is 0 Å². The number of quaternary nitrogens is 1. The molecule has 1 saturated heterocycles. The molecule has 0 aliphatic carbocycles. The lowest BCUT2D eigenvalue weighted by Crippen LogP contribution is -2.64. The van der Waals surface area contributed by atoms with E-state index < -0.39 is 6.10 Å². The SMILES string of the molecule is C=CC1C[N+]2(Cc3ccccc3)CCC1=CC2C(OC(=O)c1ccccc1)c1ccnc2ccccc12. The second-order valence-electron chi connectivity index (χ2n) is 10.2. The minimum atomic E-state index is -0.453. The van der Waals surface area contributed by atoms with Gasteiger partial charge >= 0.3 is 5.97 Å². The Morgan fingerprint density at radius 2 is 1.73 bits per heavy atom. The number of hydrogen-bond acceptors (Lipinski definition) is 3. The Bertz CT molecular complexity index is 1460. The lowest BCUT2D eigenvalue weighted by molar-refractivity contribution is -0.969. The number of pyridine rings is 1. The predicted molar refractivity (Wildman–Crippen MR) is 147 cm³/mol. The van der Waals surface area contributed by atoms with Gasteiger partial charge in [0.15, 0.2) is 12.1 Å². The van der Waals surface area contributed by atoms with Gasteiger partial charge < -0.3 is 9.22 Å². The third kappa shape index (κ3) is 4.38. The molecule has 3 aliphatic heterocycles. The topological polar surface area (TPSA) is 39.2 Å². The third-order valence-electron chi connectivity index (χ3n) is 8.07. The van der Waals surface area contributed by atoms with E-state index in [0.29, 0.717) is 11.5 Å². The molecular weight excluding hydrogens is 456 g/mol. The minimum Gasteiger partial charge on any atom is -0.447 e. The monoisotopic (exact) mass is 487 g/mol. The molecule has 37 heavy (non-hydrogen) atoms. The van der Waals surface area contributed by atoms with E-state index in [0.717, 1.165) is 47.0 Å². The van der Waals surface area contributed by atoms with Crippen LogP contribution in [-0.4, -0.2) is 34.6 Å². The zero-order valence-electron chi connectivity index (χ0n) is 20.9. The molecule has 0 N–H and O–H groups in total. The molecule has 0 amide bonds. The van der Waals surface area contributed by atoms with Gasteiger partial charge in [-0.2, -0.15) is 0 Å². The predicted octanol–water partition coefficient (Wildman–Crippen LogP) is 6.66. The number of piperidine rings is 1. The second kappa shape index (κ2) is 9.79. The molecule has 4 unspecified atom stereocenters. The lowest BCUT2D eigenvalue weighted by Gasteiger charge is -2.54. The number of nitrogens with zero attached hydrogens (tertiary/aromatic N) is 2.